The predicted octanol–water partition coefficient (Wildman–Crippen LogP) is 4.09. The first kappa shape index (κ1) is 14.1. The molecule has 2 heterocycles. The highest BCUT2D eigenvalue weighted by molar-refractivity contribution is 5.91. The molecule has 1 aliphatic carbocycles. The van der Waals surface area contributed by atoms with Gasteiger partial charge in [-0.05, 0) is 42.9 Å². The lowest BCUT2D eigenvalue weighted by molar-refractivity contribution is 0.140. The second-order valence-corrected chi connectivity index (χ2v) is 7.23. The minimum Gasteiger partial charge on any atom is -0.290 e. The van der Waals surface area contributed by atoms with Crippen molar-refractivity contribution in [1.29, 1.82) is 0 Å². The smallest absolute Gasteiger partial charge is 0.147 e. The van der Waals surface area contributed by atoms with E-state index in [1.807, 2.05) is 0 Å². The van der Waals surface area contributed by atoms with Crippen molar-refractivity contribution >= 4 is 12.1 Å². The number of fused-ring (bicyclic) bond motifs is 3. The lowest BCUT2D eigenvalue weighted by Gasteiger charge is -2.36. The predicted molar refractivity (Wildman–Crippen MR) is 85.2 cm³/mol. The molecule has 0 saturated heterocycles. The maximum Gasteiger partial charge on any atom is 0.147 e. The topological polar surface area (TPSA) is 28.0 Å². The summed E-state index contributed by atoms with van der Waals surface area (Å²) in [5.74, 6) is 2.78. The molecule has 3 aliphatic rings. The van der Waals surface area contributed by atoms with Crippen molar-refractivity contribution in [2.45, 2.75) is 65.2 Å². The van der Waals surface area contributed by atoms with E-state index in [9.17, 15) is 0 Å². The van der Waals surface area contributed by atoms with Crippen molar-refractivity contribution in [1.82, 2.24) is 5.01 Å². The van der Waals surface area contributed by atoms with Crippen LogP contribution in [0.3, 0.4) is 0 Å². The third kappa shape index (κ3) is 2.77. The van der Waals surface area contributed by atoms with Gasteiger partial charge in [-0.3, -0.25) is 5.01 Å². The standard InChI is InChI=1S/C17H29N3/c1-3-15-14-8-10-17(15,2)9-6-4-5-7-16-18-11-12-20(13-14)19-16/h11,14-15H,3-10,12-13H2,1-2H3. The van der Waals surface area contributed by atoms with Gasteiger partial charge in [0.05, 0.1) is 6.54 Å². The number of hydrogen-bond donors (Lipinski definition) is 0. The average molecular weight is 275 g/mol. The molecule has 3 nitrogen and oxygen atoms in total. The Hall–Kier alpha value is -0.860. The van der Waals surface area contributed by atoms with E-state index in [4.69, 9.17) is 5.10 Å². The van der Waals surface area contributed by atoms with Crippen LogP contribution in [0.2, 0.25) is 0 Å². The third-order valence-corrected chi connectivity index (χ3v) is 5.87. The molecule has 0 amide bonds. The first-order chi connectivity index (χ1) is 9.71. The van der Waals surface area contributed by atoms with Gasteiger partial charge in [0.25, 0.3) is 0 Å². The molecule has 112 valence electrons. The molecule has 3 heteroatoms. The maximum atomic E-state index is 4.78. The van der Waals surface area contributed by atoms with Crippen LogP contribution in [0.5, 0.6) is 0 Å². The lowest BCUT2D eigenvalue weighted by Crippen LogP contribution is -2.34. The number of nitrogens with zero attached hydrogens (tertiary/aromatic N) is 3. The molecule has 0 N–H and O–H groups in total. The molecule has 0 radical (unpaired) electrons. The van der Waals surface area contributed by atoms with Gasteiger partial charge in [-0.2, -0.15) is 5.10 Å². The van der Waals surface area contributed by atoms with E-state index in [1.54, 1.807) is 0 Å². The fraction of sp³-hybridized carbons (Fsp3) is 0.882. The van der Waals surface area contributed by atoms with Gasteiger partial charge in [0, 0.05) is 19.2 Å². The second-order valence-electron chi connectivity index (χ2n) is 7.23. The highest BCUT2D eigenvalue weighted by atomic mass is 15.5. The summed E-state index contributed by atoms with van der Waals surface area (Å²) < 4.78 is 0. The Kier molecular flexibility index (Phi) is 4.13. The van der Waals surface area contributed by atoms with Gasteiger partial charge < -0.3 is 0 Å². The van der Waals surface area contributed by atoms with Crippen LogP contribution in [-0.2, 0) is 0 Å². The third-order valence-electron chi connectivity index (χ3n) is 5.87. The van der Waals surface area contributed by atoms with E-state index in [0.29, 0.717) is 5.41 Å². The zero-order valence-electron chi connectivity index (χ0n) is 13.1. The fourth-order valence-electron chi connectivity index (χ4n) is 4.79. The fourth-order valence-corrected chi connectivity index (χ4v) is 4.79. The van der Waals surface area contributed by atoms with E-state index in [1.165, 1.54) is 44.9 Å². The van der Waals surface area contributed by atoms with Crippen LogP contribution in [0.1, 0.15) is 65.2 Å². The van der Waals surface area contributed by atoms with Crippen LogP contribution in [0.15, 0.2) is 10.1 Å². The van der Waals surface area contributed by atoms with Gasteiger partial charge in [-0.25, -0.2) is 4.99 Å². The van der Waals surface area contributed by atoms with Gasteiger partial charge >= 0.3 is 0 Å². The van der Waals surface area contributed by atoms with Crippen molar-refractivity contribution < 1.29 is 0 Å². The number of hydrazone groups is 1. The Bertz CT molecular complexity index is 401. The summed E-state index contributed by atoms with van der Waals surface area (Å²) >= 11 is 0. The number of aliphatic imine (C=N–C) groups is 1. The van der Waals surface area contributed by atoms with Crippen molar-refractivity contribution in [2.24, 2.45) is 27.3 Å². The minimum atomic E-state index is 0.592. The molecule has 0 aromatic rings. The maximum absolute atomic E-state index is 4.78. The molecule has 1 fully saturated rings. The Morgan fingerprint density at radius 3 is 3.05 bits per heavy atom. The van der Waals surface area contributed by atoms with Gasteiger partial charge in [0.15, 0.2) is 0 Å². The van der Waals surface area contributed by atoms with Gasteiger partial charge in [-0.1, -0.05) is 33.1 Å². The van der Waals surface area contributed by atoms with E-state index < -0.39 is 0 Å². The van der Waals surface area contributed by atoms with Crippen LogP contribution < -0.4 is 0 Å². The van der Waals surface area contributed by atoms with Gasteiger partial charge in [0.2, 0.25) is 0 Å². The molecular formula is C17H29N3. The molecule has 0 aromatic heterocycles. The Labute approximate surface area is 123 Å². The van der Waals surface area contributed by atoms with Crippen molar-refractivity contribution in [3.05, 3.63) is 0 Å². The van der Waals surface area contributed by atoms with Gasteiger partial charge in [0.1, 0.15) is 5.84 Å². The average Bonchev–Trinajstić information content (AvgIpc) is 2.75. The quantitative estimate of drug-likeness (QED) is 0.708. The van der Waals surface area contributed by atoms with E-state index >= 15 is 0 Å². The van der Waals surface area contributed by atoms with Crippen LogP contribution in [0.25, 0.3) is 0 Å². The first-order valence-corrected chi connectivity index (χ1v) is 8.56. The van der Waals surface area contributed by atoms with Crippen molar-refractivity contribution in [3.63, 3.8) is 0 Å². The largest absolute Gasteiger partial charge is 0.290 e. The van der Waals surface area contributed by atoms with Crippen LogP contribution in [0, 0.1) is 17.3 Å². The van der Waals surface area contributed by atoms with E-state index in [2.05, 4.69) is 30.1 Å². The number of rotatable bonds is 1. The SMILES string of the molecule is CCC1C2CCC1(C)CCCCCC1=NN(CC=N1)C2. The summed E-state index contributed by atoms with van der Waals surface area (Å²) in [4.78, 5) is 4.48. The summed E-state index contributed by atoms with van der Waals surface area (Å²) in [6.45, 7) is 7.00. The molecule has 4 bridgehead atoms. The molecule has 0 aromatic carbocycles. The van der Waals surface area contributed by atoms with Crippen LogP contribution in [-0.4, -0.2) is 30.1 Å². The summed E-state index contributed by atoms with van der Waals surface area (Å²) in [6.07, 6.45) is 12.7. The normalized spacial score (nSPS) is 38.1. The minimum absolute atomic E-state index is 0.592. The molecule has 2 aliphatic heterocycles. The summed E-state index contributed by atoms with van der Waals surface area (Å²) in [6, 6.07) is 0. The Morgan fingerprint density at radius 1 is 1.30 bits per heavy atom. The summed E-state index contributed by atoms with van der Waals surface area (Å²) in [5.41, 5.74) is 0.592. The summed E-state index contributed by atoms with van der Waals surface area (Å²) in [7, 11) is 0. The monoisotopic (exact) mass is 275 g/mol. The Morgan fingerprint density at radius 2 is 2.20 bits per heavy atom. The zero-order chi connectivity index (χ0) is 14.0. The van der Waals surface area contributed by atoms with Crippen molar-refractivity contribution in [3.8, 4) is 0 Å². The van der Waals surface area contributed by atoms with Crippen LogP contribution >= 0.6 is 0 Å². The highest BCUT2D eigenvalue weighted by Crippen LogP contribution is 2.51. The molecule has 3 unspecified atom stereocenters. The Balaban J connectivity index is 1.80. The highest BCUT2D eigenvalue weighted by Gasteiger charge is 2.43. The zero-order valence-corrected chi connectivity index (χ0v) is 13.1. The molecule has 20 heavy (non-hydrogen) atoms. The molecule has 3 atom stereocenters. The molecular weight excluding hydrogens is 246 g/mol. The van der Waals surface area contributed by atoms with E-state index in [-0.39, 0.29) is 0 Å². The number of amidine groups is 1. The molecule has 3 rings (SSSR count). The van der Waals surface area contributed by atoms with E-state index in [0.717, 1.165) is 37.2 Å². The molecule has 0 spiro atoms. The second kappa shape index (κ2) is 5.87. The summed E-state index contributed by atoms with van der Waals surface area (Å²) in [5, 5.41) is 7.06. The molecule has 1 saturated carbocycles. The van der Waals surface area contributed by atoms with Gasteiger partial charge in [-0.15, -0.1) is 0 Å². The van der Waals surface area contributed by atoms with Crippen LogP contribution in [0.4, 0.5) is 0 Å². The lowest BCUT2D eigenvalue weighted by atomic mass is 9.72. The first-order valence-electron chi connectivity index (χ1n) is 8.56. The van der Waals surface area contributed by atoms with Crippen molar-refractivity contribution in [2.75, 3.05) is 13.1 Å². The number of hydrogen-bond acceptors (Lipinski definition) is 3.